The molecule has 1 aliphatic carbocycles. The van der Waals surface area contributed by atoms with Crippen LogP contribution in [0.2, 0.25) is 0 Å². The van der Waals surface area contributed by atoms with Crippen molar-refractivity contribution in [2.75, 3.05) is 18.0 Å². The van der Waals surface area contributed by atoms with E-state index in [4.69, 9.17) is 0 Å². The molecule has 0 atom stereocenters. The number of anilines is 1. The number of nitrogens with one attached hydrogen (secondary N) is 2. The molecular weight excluding hydrogens is 362 g/mol. The first-order valence-electron chi connectivity index (χ1n) is 11.0. The topological polar surface area (TPSA) is 62.2 Å². The fourth-order valence-electron chi connectivity index (χ4n) is 4.47. The summed E-state index contributed by atoms with van der Waals surface area (Å²) >= 11 is 0. The molecule has 29 heavy (non-hydrogen) atoms. The molecule has 1 saturated carbocycles. The van der Waals surface area contributed by atoms with Crippen molar-refractivity contribution in [2.45, 2.75) is 64.1 Å². The lowest BCUT2D eigenvalue weighted by atomic mass is 10.0. The molecule has 2 aliphatic rings. The highest BCUT2D eigenvalue weighted by atomic mass is 16.1. The van der Waals surface area contributed by atoms with E-state index in [1.54, 1.807) is 0 Å². The third-order valence-corrected chi connectivity index (χ3v) is 6.42. The Bertz CT molecular complexity index is 795. The van der Waals surface area contributed by atoms with Gasteiger partial charge < -0.3 is 15.5 Å². The molecule has 2 heterocycles. The van der Waals surface area contributed by atoms with Crippen LogP contribution in [0.15, 0.2) is 30.3 Å². The van der Waals surface area contributed by atoms with Crippen molar-refractivity contribution in [1.82, 2.24) is 20.4 Å². The summed E-state index contributed by atoms with van der Waals surface area (Å²) < 4.78 is 1.93. The lowest BCUT2D eigenvalue weighted by molar-refractivity contribution is 0.0938. The van der Waals surface area contributed by atoms with Crippen LogP contribution in [-0.4, -0.2) is 40.9 Å². The first-order chi connectivity index (χ1) is 14.1. The standard InChI is InChI=1S/C23H33N5O/c1-17-15-21(26-27(17)2)16-24-19-11-13-28(14-12-19)22-9-7-18(8-10-22)23(29)25-20-5-3-4-6-20/h7-10,15,19-20,24H,3-6,11-14,16H2,1-2H3,(H,25,29). The predicted octanol–water partition coefficient (Wildman–Crippen LogP) is 3.16. The minimum Gasteiger partial charge on any atom is -0.371 e. The molecule has 156 valence electrons. The van der Waals surface area contributed by atoms with E-state index in [0.717, 1.165) is 56.6 Å². The number of carbonyl (C=O) groups excluding carboxylic acids is 1. The molecule has 6 heteroatoms. The fraction of sp³-hybridized carbons (Fsp3) is 0.565. The highest BCUT2D eigenvalue weighted by molar-refractivity contribution is 5.94. The fourth-order valence-corrected chi connectivity index (χ4v) is 4.47. The van der Waals surface area contributed by atoms with E-state index in [1.807, 2.05) is 23.9 Å². The Morgan fingerprint density at radius 1 is 1.07 bits per heavy atom. The van der Waals surface area contributed by atoms with Crippen LogP contribution in [0.25, 0.3) is 0 Å². The van der Waals surface area contributed by atoms with Gasteiger partial charge in [0.1, 0.15) is 0 Å². The quantitative estimate of drug-likeness (QED) is 0.789. The van der Waals surface area contributed by atoms with E-state index in [0.29, 0.717) is 12.1 Å². The summed E-state index contributed by atoms with van der Waals surface area (Å²) in [4.78, 5) is 14.8. The molecule has 1 saturated heterocycles. The molecule has 4 rings (SSSR count). The average molecular weight is 396 g/mol. The number of benzene rings is 1. The van der Waals surface area contributed by atoms with Crippen molar-refractivity contribution in [1.29, 1.82) is 0 Å². The molecule has 1 aliphatic heterocycles. The third-order valence-electron chi connectivity index (χ3n) is 6.42. The zero-order valence-electron chi connectivity index (χ0n) is 17.7. The summed E-state index contributed by atoms with van der Waals surface area (Å²) in [5.74, 6) is 0.0658. The molecule has 0 radical (unpaired) electrons. The van der Waals surface area contributed by atoms with Gasteiger partial charge in [-0.05, 0) is 62.9 Å². The van der Waals surface area contributed by atoms with Gasteiger partial charge in [0.2, 0.25) is 0 Å². The normalized spacial score (nSPS) is 18.3. The SMILES string of the molecule is Cc1cc(CNC2CCN(c3ccc(C(=O)NC4CCCC4)cc3)CC2)nn1C. The Hall–Kier alpha value is -2.34. The highest BCUT2D eigenvalue weighted by Gasteiger charge is 2.21. The van der Waals surface area contributed by atoms with Crippen molar-refractivity contribution < 1.29 is 4.79 Å². The molecule has 6 nitrogen and oxygen atoms in total. The van der Waals surface area contributed by atoms with Gasteiger partial charge in [0.25, 0.3) is 5.91 Å². The Labute approximate surface area is 173 Å². The minimum atomic E-state index is 0.0658. The number of aromatic nitrogens is 2. The van der Waals surface area contributed by atoms with Gasteiger partial charge >= 0.3 is 0 Å². The van der Waals surface area contributed by atoms with Crippen LogP contribution >= 0.6 is 0 Å². The lowest BCUT2D eigenvalue weighted by Gasteiger charge is -2.34. The molecule has 1 aromatic heterocycles. The van der Waals surface area contributed by atoms with Crippen LogP contribution < -0.4 is 15.5 Å². The summed E-state index contributed by atoms with van der Waals surface area (Å²) in [6, 6.07) is 11.2. The van der Waals surface area contributed by atoms with Gasteiger partial charge in [-0.1, -0.05) is 12.8 Å². The number of rotatable bonds is 6. The van der Waals surface area contributed by atoms with Crippen molar-refractivity contribution in [2.24, 2.45) is 7.05 Å². The Morgan fingerprint density at radius 3 is 2.38 bits per heavy atom. The first kappa shape index (κ1) is 20.0. The van der Waals surface area contributed by atoms with Crippen LogP contribution in [0.1, 0.15) is 60.3 Å². The minimum absolute atomic E-state index is 0.0658. The second-order valence-electron chi connectivity index (χ2n) is 8.54. The van der Waals surface area contributed by atoms with Crippen LogP contribution in [0, 0.1) is 6.92 Å². The molecule has 2 N–H and O–H groups in total. The molecule has 0 unspecified atom stereocenters. The Balaban J connectivity index is 1.24. The van der Waals surface area contributed by atoms with E-state index in [1.165, 1.54) is 24.2 Å². The molecule has 1 aromatic carbocycles. The number of aryl methyl sites for hydroxylation is 2. The predicted molar refractivity (Wildman–Crippen MR) is 116 cm³/mol. The summed E-state index contributed by atoms with van der Waals surface area (Å²) in [7, 11) is 1.99. The number of nitrogens with zero attached hydrogens (tertiary/aromatic N) is 3. The second kappa shape index (κ2) is 8.99. The maximum Gasteiger partial charge on any atom is 0.251 e. The number of carbonyl (C=O) groups is 1. The van der Waals surface area contributed by atoms with Gasteiger partial charge in [0.15, 0.2) is 0 Å². The average Bonchev–Trinajstić information content (AvgIpc) is 3.36. The molecule has 0 bridgehead atoms. The molecule has 2 fully saturated rings. The van der Waals surface area contributed by atoms with Gasteiger partial charge in [0, 0.05) is 55.7 Å². The smallest absolute Gasteiger partial charge is 0.251 e. The van der Waals surface area contributed by atoms with E-state index in [9.17, 15) is 4.79 Å². The van der Waals surface area contributed by atoms with Gasteiger partial charge in [0.05, 0.1) is 5.69 Å². The van der Waals surface area contributed by atoms with Crippen LogP contribution in [-0.2, 0) is 13.6 Å². The molecular formula is C23H33N5O. The van der Waals surface area contributed by atoms with E-state index in [-0.39, 0.29) is 5.91 Å². The largest absolute Gasteiger partial charge is 0.371 e. The van der Waals surface area contributed by atoms with E-state index in [2.05, 4.69) is 45.8 Å². The van der Waals surface area contributed by atoms with Crippen molar-refractivity contribution in [3.05, 3.63) is 47.3 Å². The van der Waals surface area contributed by atoms with Crippen LogP contribution in [0.4, 0.5) is 5.69 Å². The second-order valence-corrected chi connectivity index (χ2v) is 8.54. The third kappa shape index (κ3) is 4.99. The van der Waals surface area contributed by atoms with Gasteiger partial charge in [-0.25, -0.2) is 0 Å². The van der Waals surface area contributed by atoms with E-state index >= 15 is 0 Å². The summed E-state index contributed by atoms with van der Waals surface area (Å²) in [5.41, 5.74) is 4.28. The maximum atomic E-state index is 12.4. The van der Waals surface area contributed by atoms with Crippen LogP contribution in [0.3, 0.4) is 0 Å². The molecule has 2 aromatic rings. The van der Waals surface area contributed by atoms with Crippen molar-refractivity contribution in [3.8, 4) is 0 Å². The molecule has 1 amide bonds. The first-order valence-corrected chi connectivity index (χ1v) is 11.0. The zero-order valence-corrected chi connectivity index (χ0v) is 17.7. The summed E-state index contributed by atoms with van der Waals surface area (Å²) in [5, 5.41) is 11.3. The molecule has 0 spiro atoms. The summed E-state index contributed by atoms with van der Waals surface area (Å²) in [6.45, 7) is 4.98. The number of amides is 1. The monoisotopic (exact) mass is 395 g/mol. The van der Waals surface area contributed by atoms with Gasteiger partial charge in [-0.3, -0.25) is 9.48 Å². The number of hydrogen-bond donors (Lipinski definition) is 2. The number of hydrogen-bond acceptors (Lipinski definition) is 4. The van der Waals surface area contributed by atoms with E-state index < -0.39 is 0 Å². The van der Waals surface area contributed by atoms with Crippen molar-refractivity contribution >= 4 is 11.6 Å². The Morgan fingerprint density at radius 2 is 1.76 bits per heavy atom. The maximum absolute atomic E-state index is 12.4. The number of piperidine rings is 1. The highest BCUT2D eigenvalue weighted by Crippen LogP contribution is 2.22. The lowest BCUT2D eigenvalue weighted by Crippen LogP contribution is -2.42. The van der Waals surface area contributed by atoms with Gasteiger partial charge in [-0.2, -0.15) is 5.10 Å². The van der Waals surface area contributed by atoms with Gasteiger partial charge in [-0.15, -0.1) is 0 Å². The van der Waals surface area contributed by atoms with Crippen molar-refractivity contribution in [3.63, 3.8) is 0 Å². The Kier molecular flexibility index (Phi) is 6.19. The zero-order chi connectivity index (χ0) is 20.2. The van der Waals surface area contributed by atoms with Crippen LogP contribution in [0.5, 0.6) is 0 Å². The summed E-state index contributed by atoms with van der Waals surface area (Å²) in [6.07, 6.45) is 6.94.